The van der Waals surface area contributed by atoms with Gasteiger partial charge in [0.05, 0.1) is 22.6 Å². The molecule has 1 N–H and O–H groups in total. The Morgan fingerprint density at radius 3 is 2.75 bits per heavy atom. The van der Waals surface area contributed by atoms with E-state index in [2.05, 4.69) is 24.9 Å². The van der Waals surface area contributed by atoms with E-state index in [1.807, 2.05) is 4.57 Å². The van der Waals surface area contributed by atoms with E-state index < -0.39 is 5.82 Å². The SMILES string of the molecule is Cc1cc(Cn2c(=S)[nH]c3cc(Cl)c(F)cc32)sc1C. The number of hydrogen-bond acceptors (Lipinski definition) is 2. The molecule has 0 radical (unpaired) electrons. The van der Waals surface area contributed by atoms with Crippen LogP contribution in [0.2, 0.25) is 5.02 Å². The van der Waals surface area contributed by atoms with Crippen LogP contribution in [0.15, 0.2) is 18.2 Å². The van der Waals surface area contributed by atoms with Crippen LogP contribution >= 0.6 is 35.2 Å². The Bertz CT molecular complexity index is 841. The number of hydrogen-bond donors (Lipinski definition) is 1. The molecule has 0 atom stereocenters. The minimum absolute atomic E-state index is 0.101. The fourth-order valence-corrected chi connectivity index (χ4v) is 3.67. The molecule has 0 bridgehead atoms. The molecule has 6 heteroatoms. The molecule has 3 rings (SSSR count). The number of H-pyrrole nitrogens is 1. The molecular formula is C14H12ClFN2S2. The molecule has 2 heterocycles. The highest BCUT2D eigenvalue weighted by atomic mass is 35.5. The molecule has 0 fully saturated rings. The first-order chi connectivity index (χ1) is 9.45. The van der Waals surface area contributed by atoms with Crippen molar-refractivity contribution >= 4 is 46.2 Å². The number of thiophene rings is 1. The van der Waals surface area contributed by atoms with E-state index >= 15 is 0 Å². The van der Waals surface area contributed by atoms with E-state index in [4.69, 9.17) is 23.8 Å². The summed E-state index contributed by atoms with van der Waals surface area (Å²) < 4.78 is 16.1. The Morgan fingerprint density at radius 1 is 1.35 bits per heavy atom. The summed E-state index contributed by atoms with van der Waals surface area (Å²) in [5.74, 6) is -0.430. The Hall–Kier alpha value is -1.17. The van der Waals surface area contributed by atoms with Crippen LogP contribution in [0.4, 0.5) is 4.39 Å². The number of benzene rings is 1. The second-order valence-corrected chi connectivity index (χ2v) is 6.89. The van der Waals surface area contributed by atoms with Crippen LogP contribution in [0.25, 0.3) is 11.0 Å². The standard InChI is InChI=1S/C14H12ClFN2S2/c1-7-3-9(20-8(7)2)6-18-13-5-11(16)10(15)4-12(13)17-14(18)19/h3-5H,6H2,1-2H3,(H,17,19). The molecule has 2 aromatic heterocycles. The van der Waals surface area contributed by atoms with Crippen LogP contribution in [0.1, 0.15) is 15.3 Å². The monoisotopic (exact) mass is 326 g/mol. The first-order valence-electron chi connectivity index (χ1n) is 6.09. The highest BCUT2D eigenvalue weighted by molar-refractivity contribution is 7.71. The molecule has 0 aliphatic rings. The van der Waals surface area contributed by atoms with Crippen LogP contribution in [-0.2, 0) is 6.54 Å². The molecule has 0 saturated carbocycles. The normalized spacial score (nSPS) is 11.4. The van der Waals surface area contributed by atoms with Gasteiger partial charge in [-0.15, -0.1) is 11.3 Å². The topological polar surface area (TPSA) is 20.7 Å². The van der Waals surface area contributed by atoms with Crippen molar-refractivity contribution in [3.63, 3.8) is 0 Å². The third-order valence-corrected chi connectivity index (χ3v) is 5.10. The number of nitrogens with one attached hydrogen (secondary N) is 1. The van der Waals surface area contributed by atoms with E-state index in [0.717, 1.165) is 11.0 Å². The summed E-state index contributed by atoms with van der Waals surface area (Å²) in [6.45, 7) is 4.82. The van der Waals surface area contributed by atoms with Crippen LogP contribution < -0.4 is 0 Å². The molecule has 0 unspecified atom stereocenters. The maximum atomic E-state index is 13.7. The van der Waals surface area contributed by atoms with E-state index in [1.165, 1.54) is 21.4 Å². The molecule has 0 amide bonds. The van der Waals surface area contributed by atoms with Gasteiger partial charge in [0.2, 0.25) is 0 Å². The smallest absolute Gasteiger partial charge is 0.178 e. The Labute approximate surface area is 129 Å². The third-order valence-electron chi connectivity index (χ3n) is 3.35. The molecule has 0 aliphatic heterocycles. The van der Waals surface area contributed by atoms with Crippen LogP contribution in [0, 0.1) is 24.4 Å². The number of fused-ring (bicyclic) bond motifs is 1. The minimum Gasteiger partial charge on any atom is -0.331 e. The first-order valence-corrected chi connectivity index (χ1v) is 7.69. The van der Waals surface area contributed by atoms with Crippen LogP contribution in [-0.4, -0.2) is 9.55 Å². The molecule has 0 spiro atoms. The molecule has 0 saturated heterocycles. The van der Waals surface area contributed by atoms with Gasteiger partial charge in [0.15, 0.2) is 4.77 Å². The Kier molecular flexibility index (Phi) is 3.44. The van der Waals surface area contributed by atoms with Crippen LogP contribution in [0.5, 0.6) is 0 Å². The highest BCUT2D eigenvalue weighted by Gasteiger charge is 2.11. The van der Waals surface area contributed by atoms with Gasteiger partial charge in [0.1, 0.15) is 5.82 Å². The molecule has 0 aliphatic carbocycles. The van der Waals surface area contributed by atoms with Gasteiger partial charge in [0, 0.05) is 15.8 Å². The van der Waals surface area contributed by atoms with E-state index in [0.29, 0.717) is 11.3 Å². The van der Waals surface area contributed by atoms with Crippen molar-refractivity contribution in [1.29, 1.82) is 0 Å². The first kappa shape index (κ1) is 13.8. The molecule has 1 aromatic carbocycles. The van der Waals surface area contributed by atoms with Gasteiger partial charge < -0.3 is 9.55 Å². The number of rotatable bonds is 2. The van der Waals surface area contributed by atoms with Gasteiger partial charge in [-0.05, 0) is 43.8 Å². The van der Waals surface area contributed by atoms with E-state index in [-0.39, 0.29) is 5.02 Å². The summed E-state index contributed by atoms with van der Waals surface area (Å²) >= 11 is 12.9. The third kappa shape index (κ3) is 2.30. The van der Waals surface area contributed by atoms with Crippen molar-refractivity contribution in [1.82, 2.24) is 9.55 Å². The lowest BCUT2D eigenvalue weighted by Gasteiger charge is -2.03. The minimum atomic E-state index is -0.430. The predicted octanol–water partition coefficient (Wildman–Crippen LogP) is 5.22. The number of aromatic nitrogens is 2. The van der Waals surface area contributed by atoms with Gasteiger partial charge in [-0.1, -0.05) is 11.6 Å². The fourth-order valence-electron chi connectivity index (χ4n) is 2.19. The molecule has 2 nitrogen and oxygen atoms in total. The lowest BCUT2D eigenvalue weighted by Crippen LogP contribution is -1.98. The van der Waals surface area contributed by atoms with Crippen molar-refractivity contribution in [2.75, 3.05) is 0 Å². The number of halogens is 2. The summed E-state index contributed by atoms with van der Waals surface area (Å²) in [5, 5.41) is 0.101. The summed E-state index contributed by atoms with van der Waals surface area (Å²) in [4.78, 5) is 5.56. The van der Waals surface area contributed by atoms with Crippen LogP contribution in [0.3, 0.4) is 0 Å². The quantitative estimate of drug-likeness (QED) is 0.640. The zero-order valence-corrected chi connectivity index (χ0v) is 13.3. The summed E-state index contributed by atoms with van der Waals surface area (Å²) in [6, 6.07) is 5.15. The van der Waals surface area contributed by atoms with E-state index in [9.17, 15) is 4.39 Å². The van der Waals surface area contributed by atoms with Crippen molar-refractivity contribution < 1.29 is 4.39 Å². The second kappa shape index (κ2) is 4.98. The predicted molar refractivity (Wildman–Crippen MR) is 85.0 cm³/mol. The fraction of sp³-hybridized carbons (Fsp3) is 0.214. The summed E-state index contributed by atoms with van der Waals surface area (Å²) in [6.07, 6.45) is 0. The highest BCUT2D eigenvalue weighted by Crippen LogP contribution is 2.26. The van der Waals surface area contributed by atoms with Crippen molar-refractivity contribution in [3.8, 4) is 0 Å². The molecular weight excluding hydrogens is 315 g/mol. The van der Waals surface area contributed by atoms with E-state index in [1.54, 1.807) is 17.4 Å². The second-order valence-electron chi connectivity index (χ2n) is 4.75. The maximum absolute atomic E-state index is 13.7. The summed E-state index contributed by atoms with van der Waals surface area (Å²) in [5.41, 5.74) is 2.76. The zero-order valence-electron chi connectivity index (χ0n) is 11.0. The largest absolute Gasteiger partial charge is 0.331 e. The average Bonchev–Trinajstić information content (AvgIpc) is 2.83. The number of aromatic amines is 1. The van der Waals surface area contributed by atoms with Crippen molar-refractivity contribution in [2.24, 2.45) is 0 Å². The van der Waals surface area contributed by atoms with Crippen molar-refractivity contribution in [2.45, 2.75) is 20.4 Å². The lowest BCUT2D eigenvalue weighted by molar-refractivity contribution is 0.629. The van der Waals surface area contributed by atoms with Gasteiger partial charge >= 0.3 is 0 Å². The average molecular weight is 327 g/mol. The maximum Gasteiger partial charge on any atom is 0.178 e. The lowest BCUT2D eigenvalue weighted by atomic mass is 10.2. The Balaban J connectivity index is 2.13. The number of nitrogens with zero attached hydrogens (tertiary/aromatic N) is 1. The number of imidazole rings is 1. The van der Waals surface area contributed by atoms with Crippen molar-refractivity contribution in [3.05, 3.63) is 49.1 Å². The molecule has 20 heavy (non-hydrogen) atoms. The summed E-state index contributed by atoms with van der Waals surface area (Å²) in [7, 11) is 0. The Morgan fingerprint density at radius 2 is 2.10 bits per heavy atom. The molecule has 104 valence electrons. The van der Waals surface area contributed by atoms with Gasteiger partial charge in [-0.3, -0.25) is 0 Å². The number of aryl methyl sites for hydroxylation is 2. The van der Waals surface area contributed by atoms with Gasteiger partial charge in [0.25, 0.3) is 0 Å². The van der Waals surface area contributed by atoms with Gasteiger partial charge in [-0.25, -0.2) is 4.39 Å². The zero-order chi connectivity index (χ0) is 14.4. The van der Waals surface area contributed by atoms with Gasteiger partial charge in [-0.2, -0.15) is 0 Å². The molecule has 3 aromatic rings.